The molecule has 0 unspecified atom stereocenters. The van der Waals surface area contributed by atoms with Crippen LogP contribution in [-0.4, -0.2) is 54.7 Å². The smallest absolute Gasteiger partial charge is 0.385 e. The first-order chi connectivity index (χ1) is 9.69. The number of nitrogens with two attached hydrogens (primary N) is 1. The van der Waals surface area contributed by atoms with E-state index in [0.717, 1.165) is 10.9 Å². The van der Waals surface area contributed by atoms with Gasteiger partial charge in [-0.05, 0) is 6.07 Å². The summed E-state index contributed by atoms with van der Waals surface area (Å²) in [6.45, 7) is -0.698. The van der Waals surface area contributed by atoms with Gasteiger partial charge in [0.1, 0.15) is 18.0 Å². The highest BCUT2D eigenvalue weighted by Gasteiger charge is 2.43. The van der Waals surface area contributed by atoms with E-state index < -0.39 is 38.6 Å². The molecule has 13 heteroatoms. The number of aliphatic hydroxyl groups excluding tert-OH is 2. The summed E-state index contributed by atoms with van der Waals surface area (Å²) in [5.41, 5.74) is 4.43. The van der Waals surface area contributed by atoms with Gasteiger partial charge in [-0.15, -0.1) is 0 Å². The van der Waals surface area contributed by atoms with E-state index in [1.807, 2.05) is 0 Å². The average molecular weight is 324 g/mol. The lowest BCUT2D eigenvalue weighted by Crippen LogP contribution is -2.47. The summed E-state index contributed by atoms with van der Waals surface area (Å²) in [7, 11) is -4.76. The standard InChI is InChI=1S/C8H13N4O8P/c9-5-1-2-11(8(15)10-5)12-7(14)6(13)4(20-12)3-19-21(16,17)18/h1-2,4,6-7,13-14H,3H2,(H2,9,10,15)(H2,16,17,18)/t4-,6-,7-/m1/s1. The van der Waals surface area contributed by atoms with Gasteiger partial charge in [0.25, 0.3) is 0 Å². The second-order valence-electron chi connectivity index (χ2n) is 4.12. The molecular formula is C8H13N4O8P. The van der Waals surface area contributed by atoms with Crippen LogP contribution >= 0.6 is 7.82 Å². The minimum atomic E-state index is -4.76. The summed E-state index contributed by atoms with van der Waals surface area (Å²) in [5.74, 6) is -0.0492. The normalized spacial score (nSPS) is 26.3. The maximum Gasteiger partial charge on any atom is 0.469 e. The Morgan fingerprint density at radius 3 is 2.71 bits per heavy atom. The molecule has 12 nitrogen and oxygen atoms in total. The van der Waals surface area contributed by atoms with Crippen molar-refractivity contribution in [3.8, 4) is 0 Å². The van der Waals surface area contributed by atoms with E-state index in [0.29, 0.717) is 5.17 Å². The van der Waals surface area contributed by atoms with Crippen molar-refractivity contribution in [2.75, 3.05) is 17.5 Å². The number of hydrogen-bond donors (Lipinski definition) is 5. The molecule has 0 aliphatic carbocycles. The Kier molecular flexibility index (Phi) is 4.30. The van der Waals surface area contributed by atoms with Gasteiger partial charge in [0.15, 0.2) is 6.23 Å². The van der Waals surface area contributed by atoms with E-state index in [1.54, 1.807) is 0 Å². The van der Waals surface area contributed by atoms with Gasteiger partial charge in [-0.3, -0.25) is 4.52 Å². The second-order valence-corrected chi connectivity index (χ2v) is 5.36. The Morgan fingerprint density at radius 2 is 2.14 bits per heavy atom. The maximum atomic E-state index is 11.6. The van der Waals surface area contributed by atoms with Gasteiger partial charge in [-0.25, -0.2) is 14.2 Å². The Labute approximate surface area is 117 Å². The fourth-order valence-electron chi connectivity index (χ4n) is 1.62. The van der Waals surface area contributed by atoms with Crippen LogP contribution in [0.1, 0.15) is 0 Å². The summed E-state index contributed by atoms with van der Waals surface area (Å²) < 4.78 is 15.5. The number of rotatable bonds is 4. The summed E-state index contributed by atoms with van der Waals surface area (Å²) >= 11 is 0. The number of aromatic nitrogens is 2. The molecule has 3 atom stereocenters. The quantitative estimate of drug-likeness (QED) is 0.353. The van der Waals surface area contributed by atoms with Crippen LogP contribution in [0.5, 0.6) is 0 Å². The van der Waals surface area contributed by atoms with Crippen molar-refractivity contribution in [3.63, 3.8) is 0 Å². The fourth-order valence-corrected chi connectivity index (χ4v) is 1.96. The third kappa shape index (κ3) is 3.57. The molecule has 0 bridgehead atoms. The van der Waals surface area contributed by atoms with Crippen molar-refractivity contribution in [3.05, 3.63) is 22.7 Å². The van der Waals surface area contributed by atoms with Crippen molar-refractivity contribution in [2.45, 2.75) is 18.4 Å². The lowest BCUT2D eigenvalue weighted by Gasteiger charge is -2.21. The van der Waals surface area contributed by atoms with Crippen LogP contribution in [0.3, 0.4) is 0 Å². The molecule has 1 saturated heterocycles. The van der Waals surface area contributed by atoms with Crippen molar-refractivity contribution in [1.82, 2.24) is 9.66 Å². The molecule has 2 rings (SSSR count). The van der Waals surface area contributed by atoms with Crippen molar-refractivity contribution in [2.24, 2.45) is 0 Å². The summed E-state index contributed by atoms with van der Waals surface area (Å²) in [6.07, 6.45) is -3.39. The molecule has 21 heavy (non-hydrogen) atoms. The lowest BCUT2D eigenvalue weighted by atomic mass is 10.2. The number of nitrogen functional groups attached to an aromatic ring is 1. The minimum Gasteiger partial charge on any atom is -0.385 e. The maximum absolute atomic E-state index is 11.6. The monoisotopic (exact) mass is 324 g/mol. The van der Waals surface area contributed by atoms with Gasteiger partial charge >= 0.3 is 13.5 Å². The Bertz CT molecular complexity index is 617. The number of phosphoric ester groups is 1. The molecule has 1 aliphatic heterocycles. The number of nitrogens with zero attached hydrogens (tertiary/aromatic N) is 3. The number of anilines is 1. The molecule has 1 aromatic rings. The first kappa shape index (κ1) is 15.9. The van der Waals surface area contributed by atoms with E-state index in [2.05, 4.69) is 9.51 Å². The van der Waals surface area contributed by atoms with E-state index in [4.69, 9.17) is 20.4 Å². The van der Waals surface area contributed by atoms with Crippen molar-refractivity contribution < 1.29 is 33.9 Å². The second kappa shape index (κ2) is 5.69. The lowest BCUT2D eigenvalue weighted by molar-refractivity contribution is -0.0231. The first-order valence-corrected chi connectivity index (χ1v) is 7.10. The Hall–Kier alpha value is -1.53. The van der Waals surface area contributed by atoms with Gasteiger partial charge in [-0.2, -0.15) is 14.8 Å². The zero-order valence-corrected chi connectivity index (χ0v) is 11.3. The fraction of sp³-hybridized carbons (Fsp3) is 0.500. The highest BCUT2D eigenvalue weighted by molar-refractivity contribution is 7.46. The van der Waals surface area contributed by atoms with Crippen molar-refractivity contribution in [1.29, 1.82) is 0 Å². The van der Waals surface area contributed by atoms with Crippen LogP contribution in [0.4, 0.5) is 5.82 Å². The van der Waals surface area contributed by atoms with Gasteiger partial charge in [-0.1, -0.05) is 0 Å². The Morgan fingerprint density at radius 1 is 1.48 bits per heavy atom. The van der Waals surface area contributed by atoms with Crippen LogP contribution < -0.4 is 16.6 Å². The molecule has 0 radical (unpaired) electrons. The summed E-state index contributed by atoms with van der Waals surface area (Å²) in [5, 5.41) is 20.1. The number of aliphatic hydroxyl groups is 2. The van der Waals surface area contributed by atoms with Crippen LogP contribution in [0.25, 0.3) is 0 Å². The third-order valence-corrected chi connectivity index (χ3v) is 3.07. The van der Waals surface area contributed by atoms with Crippen molar-refractivity contribution >= 4 is 13.6 Å². The predicted octanol–water partition coefficient (Wildman–Crippen LogP) is -3.13. The predicted molar refractivity (Wildman–Crippen MR) is 66.0 cm³/mol. The van der Waals surface area contributed by atoms with E-state index in [-0.39, 0.29) is 5.82 Å². The van der Waals surface area contributed by atoms with Crippen LogP contribution in [0.2, 0.25) is 0 Å². The number of phosphoric acid groups is 1. The van der Waals surface area contributed by atoms with Crippen LogP contribution in [0.15, 0.2) is 17.1 Å². The van der Waals surface area contributed by atoms with Gasteiger partial charge in [0.05, 0.1) is 6.61 Å². The molecule has 0 saturated carbocycles. The average Bonchev–Trinajstić information content (AvgIpc) is 2.64. The largest absolute Gasteiger partial charge is 0.469 e. The molecular weight excluding hydrogens is 311 g/mol. The highest BCUT2D eigenvalue weighted by Crippen LogP contribution is 2.36. The zero-order valence-electron chi connectivity index (χ0n) is 10.4. The zero-order chi connectivity index (χ0) is 15.8. The van der Waals surface area contributed by atoms with Gasteiger partial charge in [0.2, 0.25) is 0 Å². The highest BCUT2D eigenvalue weighted by atomic mass is 31.2. The molecule has 0 spiro atoms. The SMILES string of the molecule is Nc1ccn(N2O[C@H](COP(=O)(O)O)[C@@H](O)[C@H]2O)c(=O)n1. The van der Waals surface area contributed by atoms with Crippen LogP contribution in [0, 0.1) is 0 Å². The van der Waals surface area contributed by atoms with E-state index >= 15 is 0 Å². The summed E-state index contributed by atoms with van der Waals surface area (Å²) in [6, 6.07) is 1.25. The molecule has 6 N–H and O–H groups in total. The topological polar surface area (TPSA) is 181 Å². The Balaban J connectivity index is 2.16. The molecule has 0 aromatic carbocycles. The first-order valence-electron chi connectivity index (χ1n) is 5.57. The molecule has 2 heterocycles. The third-order valence-electron chi connectivity index (χ3n) is 2.58. The van der Waals surface area contributed by atoms with E-state index in [9.17, 15) is 19.6 Å². The molecule has 118 valence electrons. The molecule has 1 aliphatic rings. The van der Waals surface area contributed by atoms with Gasteiger partial charge in [0, 0.05) is 6.20 Å². The van der Waals surface area contributed by atoms with Gasteiger partial charge < -0.3 is 25.7 Å². The minimum absolute atomic E-state index is 0.0492. The van der Waals surface area contributed by atoms with E-state index in [1.165, 1.54) is 6.07 Å². The molecule has 1 fully saturated rings. The van der Waals surface area contributed by atoms with Crippen LogP contribution in [-0.2, 0) is 13.9 Å². The molecule has 1 aromatic heterocycles. The summed E-state index contributed by atoms with van der Waals surface area (Å²) in [4.78, 5) is 37.2. The number of hydrogen-bond acceptors (Lipinski definition) is 9. The molecule has 0 amide bonds. The number of hydroxylamine groups is 1.